The molecule has 0 aliphatic carbocycles. The van der Waals surface area contributed by atoms with Gasteiger partial charge < -0.3 is 15.6 Å². The molecule has 5 heteroatoms. The molecule has 3 N–H and O–H groups in total. The molecule has 25 heavy (non-hydrogen) atoms. The van der Waals surface area contributed by atoms with Crippen molar-refractivity contribution in [3.63, 3.8) is 0 Å². The van der Waals surface area contributed by atoms with Gasteiger partial charge in [0.15, 0.2) is 5.96 Å². The van der Waals surface area contributed by atoms with E-state index in [1.54, 1.807) is 7.05 Å². The third-order valence-corrected chi connectivity index (χ3v) is 4.20. The van der Waals surface area contributed by atoms with Gasteiger partial charge in [0, 0.05) is 24.8 Å². The summed E-state index contributed by atoms with van der Waals surface area (Å²) in [6, 6.07) is 19.0. The molecule has 3 rings (SSSR count). The fourth-order valence-electron chi connectivity index (χ4n) is 2.88. The van der Waals surface area contributed by atoms with Gasteiger partial charge >= 0.3 is 0 Å². The molecule has 0 aliphatic heterocycles. The zero-order valence-corrected chi connectivity index (χ0v) is 17.0. The molecule has 0 fully saturated rings. The molecule has 0 spiro atoms. The zero-order valence-electron chi connectivity index (χ0n) is 14.7. The Balaban J connectivity index is 0.00000225. The number of guanidine groups is 1. The lowest BCUT2D eigenvalue weighted by Gasteiger charge is -2.13. The van der Waals surface area contributed by atoms with Gasteiger partial charge in [-0.3, -0.25) is 4.99 Å². The third-order valence-electron chi connectivity index (χ3n) is 4.20. The highest BCUT2D eigenvalue weighted by Crippen LogP contribution is 2.14. The second kappa shape index (κ2) is 9.46. The summed E-state index contributed by atoms with van der Waals surface area (Å²) in [7, 11) is 1.80. The quantitative estimate of drug-likeness (QED) is 0.311. The molecule has 0 bridgehead atoms. The Labute approximate surface area is 166 Å². The Morgan fingerprint density at radius 3 is 2.36 bits per heavy atom. The summed E-state index contributed by atoms with van der Waals surface area (Å²) in [5.74, 6) is 0.805. The normalized spacial score (nSPS) is 11.2. The number of hydrogen-bond acceptors (Lipinski definition) is 1. The van der Waals surface area contributed by atoms with E-state index in [9.17, 15) is 0 Å². The first-order valence-corrected chi connectivity index (χ1v) is 8.38. The lowest BCUT2D eigenvalue weighted by atomic mass is 10.1. The molecule has 0 radical (unpaired) electrons. The topological polar surface area (TPSA) is 52.2 Å². The smallest absolute Gasteiger partial charge is 0.191 e. The maximum absolute atomic E-state index is 4.31. The Hall–Kier alpha value is -2.02. The van der Waals surface area contributed by atoms with Gasteiger partial charge in [-0.1, -0.05) is 49.4 Å². The van der Waals surface area contributed by atoms with Crippen LogP contribution >= 0.6 is 24.0 Å². The standard InChI is InChI=1S/C20H24N4.HI/c1-3-15-8-4-5-10-17(15)13-22-20(21-2)23-14-18-12-16-9-6-7-11-19(16)24-18;/h4-12,24H,3,13-14H2,1-2H3,(H2,21,22,23);1H. The van der Waals surface area contributed by atoms with Gasteiger partial charge in [-0.2, -0.15) is 0 Å². The van der Waals surface area contributed by atoms with Crippen LogP contribution in [0.4, 0.5) is 0 Å². The van der Waals surface area contributed by atoms with Gasteiger partial charge in [-0.15, -0.1) is 24.0 Å². The molecule has 2 aromatic carbocycles. The van der Waals surface area contributed by atoms with E-state index in [0.717, 1.165) is 30.1 Å². The third kappa shape index (κ3) is 4.98. The van der Waals surface area contributed by atoms with Gasteiger partial charge in [0.1, 0.15) is 0 Å². The van der Waals surface area contributed by atoms with Crippen molar-refractivity contribution in [1.82, 2.24) is 15.6 Å². The maximum atomic E-state index is 4.31. The van der Waals surface area contributed by atoms with E-state index in [4.69, 9.17) is 0 Å². The molecule has 0 unspecified atom stereocenters. The van der Waals surface area contributed by atoms with Crippen LogP contribution in [0, 0.1) is 0 Å². The van der Waals surface area contributed by atoms with Crippen LogP contribution in [0.1, 0.15) is 23.7 Å². The lowest BCUT2D eigenvalue weighted by molar-refractivity contribution is 0.794. The van der Waals surface area contributed by atoms with Crippen molar-refractivity contribution >= 4 is 40.8 Å². The number of nitrogens with one attached hydrogen (secondary N) is 3. The number of nitrogens with zero attached hydrogens (tertiary/aromatic N) is 1. The number of para-hydroxylation sites is 1. The molecule has 3 aromatic rings. The minimum atomic E-state index is 0. The van der Waals surface area contributed by atoms with E-state index in [0.29, 0.717) is 6.54 Å². The molecule has 0 saturated heterocycles. The monoisotopic (exact) mass is 448 g/mol. The number of rotatable bonds is 5. The minimum absolute atomic E-state index is 0. The predicted molar refractivity (Wildman–Crippen MR) is 117 cm³/mol. The average molecular weight is 448 g/mol. The summed E-state index contributed by atoms with van der Waals surface area (Å²) in [6.45, 7) is 3.67. The number of H-pyrrole nitrogens is 1. The Bertz CT molecular complexity index is 805. The Morgan fingerprint density at radius 1 is 0.960 bits per heavy atom. The van der Waals surface area contributed by atoms with Crippen molar-refractivity contribution in [2.24, 2.45) is 4.99 Å². The van der Waals surface area contributed by atoms with Gasteiger partial charge in [-0.05, 0) is 35.1 Å². The second-order valence-electron chi connectivity index (χ2n) is 5.78. The highest BCUT2D eigenvalue weighted by Gasteiger charge is 2.04. The van der Waals surface area contributed by atoms with Gasteiger partial charge in [0.05, 0.1) is 6.54 Å². The molecular weight excluding hydrogens is 423 g/mol. The average Bonchev–Trinajstić information content (AvgIpc) is 3.05. The van der Waals surface area contributed by atoms with Gasteiger partial charge in [-0.25, -0.2) is 0 Å². The van der Waals surface area contributed by atoms with Crippen LogP contribution in [0.15, 0.2) is 59.6 Å². The van der Waals surface area contributed by atoms with Crippen LogP contribution in [-0.2, 0) is 19.5 Å². The molecule has 1 heterocycles. The summed E-state index contributed by atoms with van der Waals surface area (Å²) < 4.78 is 0. The number of aliphatic imine (C=N–C) groups is 1. The molecule has 0 aliphatic rings. The van der Waals surface area contributed by atoms with Gasteiger partial charge in [0.25, 0.3) is 0 Å². The highest BCUT2D eigenvalue weighted by atomic mass is 127. The lowest BCUT2D eigenvalue weighted by Crippen LogP contribution is -2.36. The van der Waals surface area contributed by atoms with Crippen LogP contribution in [0.25, 0.3) is 10.9 Å². The van der Waals surface area contributed by atoms with Crippen LogP contribution < -0.4 is 10.6 Å². The maximum Gasteiger partial charge on any atom is 0.191 e. The molecule has 1 aromatic heterocycles. The Morgan fingerprint density at radius 2 is 1.64 bits per heavy atom. The number of fused-ring (bicyclic) bond motifs is 1. The van der Waals surface area contributed by atoms with E-state index in [2.05, 4.69) is 76.1 Å². The molecule has 132 valence electrons. The van der Waals surface area contributed by atoms with Crippen LogP contribution in [0.2, 0.25) is 0 Å². The van der Waals surface area contributed by atoms with Crippen molar-refractivity contribution in [1.29, 1.82) is 0 Å². The predicted octanol–water partition coefficient (Wildman–Crippen LogP) is 4.21. The number of hydrogen-bond donors (Lipinski definition) is 3. The SMILES string of the molecule is CCc1ccccc1CNC(=NC)NCc1cc2ccccc2[nH]1.I. The first-order valence-electron chi connectivity index (χ1n) is 8.38. The van der Waals surface area contributed by atoms with Crippen molar-refractivity contribution in [2.75, 3.05) is 7.05 Å². The van der Waals surface area contributed by atoms with Crippen molar-refractivity contribution < 1.29 is 0 Å². The summed E-state index contributed by atoms with van der Waals surface area (Å²) in [6.07, 6.45) is 1.04. The molecular formula is C20H25IN4. The first kappa shape index (κ1) is 19.3. The molecule has 0 saturated carbocycles. The minimum Gasteiger partial charge on any atom is -0.357 e. The van der Waals surface area contributed by atoms with E-state index >= 15 is 0 Å². The number of halogens is 1. The molecule has 4 nitrogen and oxygen atoms in total. The van der Waals surface area contributed by atoms with Crippen molar-refractivity contribution in [2.45, 2.75) is 26.4 Å². The second-order valence-corrected chi connectivity index (χ2v) is 5.78. The highest BCUT2D eigenvalue weighted by molar-refractivity contribution is 14.0. The summed E-state index contributed by atoms with van der Waals surface area (Å²) >= 11 is 0. The fraction of sp³-hybridized carbons (Fsp3) is 0.250. The van der Waals surface area contributed by atoms with Crippen molar-refractivity contribution in [3.05, 3.63) is 71.4 Å². The zero-order chi connectivity index (χ0) is 16.8. The van der Waals surface area contributed by atoms with E-state index in [-0.39, 0.29) is 24.0 Å². The van der Waals surface area contributed by atoms with Crippen molar-refractivity contribution in [3.8, 4) is 0 Å². The van der Waals surface area contributed by atoms with E-state index in [1.165, 1.54) is 16.5 Å². The first-order chi connectivity index (χ1) is 11.8. The summed E-state index contributed by atoms with van der Waals surface area (Å²) in [5, 5.41) is 7.98. The van der Waals surface area contributed by atoms with Gasteiger partial charge in [0.2, 0.25) is 0 Å². The summed E-state index contributed by atoms with van der Waals surface area (Å²) in [5.41, 5.74) is 4.99. The van der Waals surface area contributed by atoms with Crippen LogP contribution in [0.3, 0.4) is 0 Å². The largest absolute Gasteiger partial charge is 0.357 e. The number of aromatic amines is 1. The number of aromatic nitrogens is 1. The summed E-state index contributed by atoms with van der Waals surface area (Å²) in [4.78, 5) is 7.73. The van der Waals surface area contributed by atoms with Crippen LogP contribution in [0.5, 0.6) is 0 Å². The fourth-order valence-corrected chi connectivity index (χ4v) is 2.88. The number of benzene rings is 2. The van der Waals surface area contributed by atoms with E-state index in [1.807, 2.05) is 6.07 Å². The Kier molecular flexibility index (Phi) is 7.31. The van der Waals surface area contributed by atoms with E-state index < -0.39 is 0 Å². The molecule has 0 amide bonds. The van der Waals surface area contributed by atoms with Crippen LogP contribution in [-0.4, -0.2) is 18.0 Å². The number of aryl methyl sites for hydroxylation is 1. The molecule has 0 atom stereocenters.